The molecule has 0 bridgehead atoms. The molecular weight excluding hydrogens is 367 g/mol. The molecule has 134 valence electrons. The van der Waals surface area contributed by atoms with Crippen LogP contribution in [0.25, 0.3) is 0 Å². The zero-order valence-electron chi connectivity index (χ0n) is 13.7. The highest BCUT2D eigenvalue weighted by atomic mass is 35.5. The molecule has 0 spiro atoms. The second kappa shape index (κ2) is 7.19. The first-order chi connectivity index (χ1) is 11.9. The fourth-order valence-electron chi connectivity index (χ4n) is 2.83. The van der Waals surface area contributed by atoms with Crippen molar-refractivity contribution in [2.24, 2.45) is 0 Å². The summed E-state index contributed by atoms with van der Waals surface area (Å²) in [6.07, 6.45) is 0. The number of benzene rings is 2. The average Bonchev–Trinajstić information content (AvgIpc) is 2.62. The zero-order chi connectivity index (χ0) is 18.0. The van der Waals surface area contributed by atoms with Gasteiger partial charge in [0, 0.05) is 26.2 Å². The Kier molecular flexibility index (Phi) is 5.17. The lowest BCUT2D eigenvalue weighted by Crippen LogP contribution is -2.48. The Labute approximate surface area is 151 Å². The summed E-state index contributed by atoms with van der Waals surface area (Å²) in [6, 6.07) is 11.1. The summed E-state index contributed by atoms with van der Waals surface area (Å²) in [5.74, 6) is -0.680. The Hall–Kier alpha value is -1.83. The van der Waals surface area contributed by atoms with Gasteiger partial charge in [-0.1, -0.05) is 23.7 Å². The van der Waals surface area contributed by atoms with Crippen LogP contribution in [0.2, 0.25) is 5.02 Å². The van der Waals surface area contributed by atoms with Gasteiger partial charge in [0.25, 0.3) is 0 Å². The van der Waals surface area contributed by atoms with E-state index in [2.05, 4.69) is 0 Å². The molecule has 3 rings (SSSR count). The molecule has 0 aromatic heterocycles. The highest BCUT2D eigenvalue weighted by Crippen LogP contribution is 2.28. The second-order valence-corrected chi connectivity index (χ2v) is 7.98. The summed E-state index contributed by atoms with van der Waals surface area (Å²) in [7, 11) is -2.41. The van der Waals surface area contributed by atoms with Crippen LogP contribution in [-0.4, -0.2) is 46.0 Å². The van der Waals surface area contributed by atoms with E-state index >= 15 is 0 Å². The van der Waals surface area contributed by atoms with Crippen molar-refractivity contribution >= 4 is 27.3 Å². The third-order valence-electron chi connectivity index (χ3n) is 4.19. The largest absolute Gasteiger partial charge is 0.494 e. The molecule has 2 aromatic rings. The number of ether oxygens (including phenoxy) is 1. The van der Waals surface area contributed by atoms with Crippen molar-refractivity contribution in [3.63, 3.8) is 0 Å². The molecule has 1 saturated heterocycles. The van der Waals surface area contributed by atoms with Crippen LogP contribution in [-0.2, 0) is 10.0 Å². The molecule has 1 fully saturated rings. The minimum atomic E-state index is -3.75. The summed E-state index contributed by atoms with van der Waals surface area (Å²) in [5.41, 5.74) is 0.886. The van der Waals surface area contributed by atoms with Crippen molar-refractivity contribution in [1.29, 1.82) is 0 Å². The fraction of sp³-hybridized carbons (Fsp3) is 0.294. The van der Waals surface area contributed by atoms with E-state index in [0.717, 1.165) is 11.8 Å². The Morgan fingerprint density at radius 2 is 1.76 bits per heavy atom. The van der Waals surface area contributed by atoms with Crippen molar-refractivity contribution in [1.82, 2.24) is 4.31 Å². The maximum atomic E-state index is 13.8. The number of rotatable bonds is 4. The smallest absolute Gasteiger partial charge is 0.243 e. The molecule has 0 saturated carbocycles. The van der Waals surface area contributed by atoms with E-state index in [-0.39, 0.29) is 10.6 Å². The van der Waals surface area contributed by atoms with E-state index in [9.17, 15) is 12.8 Å². The summed E-state index contributed by atoms with van der Waals surface area (Å²) in [5, 5.41) is 0.635. The van der Waals surface area contributed by atoms with Gasteiger partial charge in [-0.2, -0.15) is 4.31 Å². The molecule has 1 aliphatic rings. The summed E-state index contributed by atoms with van der Waals surface area (Å²) < 4.78 is 45.5. The summed E-state index contributed by atoms with van der Waals surface area (Å²) >= 11 is 6.20. The number of hydrogen-bond donors (Lipinski definition) is 0. The van der Waals surface area contributed by atoms with Gasteiger partial charge in [0.05, 0.1) is 22.7 Å². The third-order valence-corrected chi connectivity index (χ3v) is 6.41. The highest BCUT2D eigenvalue weighted by Gasteiger charge is 2.29. The molecule has 8 heteroatoms. The van der Waals surface area contributed by atoms with Crippen LogP contribution >= 0.6 is 11.6 Å². The molecule has 5 nitrogen and oxygen atoms in total. The molecule has 0 unspecified atom stereocenters. The Balaban J connectivity index is 1.76. The van der Waals surface area contributed by atoms with Gasteiger partial charge in [0.15, 0.2) is 11.6 Å². The average molecular weight is 385 g/mol. The molecule has 0 aliphatic carbocycles. The van der Waals surface area contributed by atoms with Gasteiger partial charge in [-0.15, -0.1) is 0 Å². The lowest BCUT2D eigenvalue weighted by molar-refractivity contribution is 0.380. The quantitative estimate of drug-likeness (QED) is 0.813. The van der Waals surface area contributed by atoms with Crippen molar-refractivity contribution < 1.29 is 17.5 Å². The van der Waals surface area contributed by atoms with E-state index in [4.69, 9.17) is 16.3 Å². The van der Waals surface area contributed by atoms with Gasteiger partial charge in [-0.3, -0.25) is 0 Å². The van der Waals surface area contributed by atoms with Gasteiger partial charge in [0.1, 0.15) is 0 Å². The van der Waals surface area contributed by atoms with Crippen LogP contribution in [0.1, 0.15) is 0 Å². The Morgan fingerprint density at radius 1 is 1.08 bits per heavy atom. The van der Waals surface area contributed by atoms with Gasteiger partial charge in [-0.25, -0.2) is 12.8 Å². The summed E-state index contributed by atoms with van der Waals surface area (Å²) in [4.78, 5) is 1.97. The molecular formula is C17H18ClFN2O3S. The predicted octanol–water partition coefficient (Wildman–Crippen LogP) is 3.00. The first-order valence-corrected chi connectivity index (χ1v) is 9.58. The minimum absolute atomic E-state index is 0.0162. The van der Waals surface area contributed by atoms with E-state index in [1.54, 1.807) is 6.07 Å². The monoisotopic (exact) mass is 384 g/mol. The number of hydrogen-bond acceptors (Lipinski definition) is 4. The molecule has 0 amide bonds. The second-order valence-electron chi connectivity index (χ2n) is 5.64. The molecule has 0 N–H and O–H groups in total. The molecule has 0 radical (unpaired) electrons. The first kappa shape index (κ1) is 18.0. The maximum absolute atomic E-state index is 13.8. The van der Waals surface area contributed by atoms with Crippen LogP contribution in [0.3, 0.4) is 0 Å². The third kappa shape index (κ3) is 3.58. The van der Waals surface area contributed by atoms with Gasteiger partial charge < -0.3 is 9.64 Å². The normalized spacial score (nSPS) is 16.0. The predicted molar refractivity (Wildman–Crippen MR) is 95.4 cm³/mol. The molecule has 25 heavy (non-hydrogen) atoms. The van der Waals surface area contributed by atoms with Gasteiger partial charge in [0.2, 0.25) is 10.0 Å². The van der Waals surface area contributed by atoms with Crippen molar-refractivity contribution in [2.45, 2.75) is 4.90 Å². The Bertz CT molecular complexity index is 868. The topological polar surface area (TPSA) is 49.9 Å². The van der Waals surface area contributed by atoms with Crippen molar-refractivity contribution in [3.8, 4) is 5.75 Å². The number of halogens is 2. The first-order valence-electron chi connectivity index (χ1n) is 7.76. The van der Waals surface area contributed by atoms with E-state index < -0.39 is 15.8 Å². The maximum Gasteiger partial charge on any atom is 0.243 e. The van der Waals surface area contributed by atoms with Crippen LogP contribution < -0.4 is 9.64 Å². The molecule has 1 heterocycles. The van der Waals surface area contributed by atoms with Crippen molar-refractivity contribution in [2.75, 3.05) is 38.2 Å². The Morgan fingerprint density at radius 3 is 2.36 bits per heavy atom. The number of sulfonamides is 1. The standard InChI is InChI=1S/C17H18ClFN2O3S/c1-24-17-7-6-13(12-15(17)19)25(22,23)21-10-8-20(9-11-21)16-5-3-2-4-14(16)18/h2-7,12H,8-11H2,1H3. The van der Waals surface area contributed by atoms with E-state index in [1.807, 2.05) is 23.1 Å². The van der Waals surface area contributed by atoms with Crippen LogP contribution in [0.15, 0.2) is 47.4 Å². The van der Waals surface area contributed by atoms with E-state index in [1.165, 1.54) is 23.5 Å². The zero-order valence-corrected chi connectivity index (χ0v) is 15.2. The number of methoxy groups -OCH3 is 1. The van der Waals surface area contributed by atoms with Crippen LogP contribution in [0, 0.1) is 5.82 Å². The molecule has 1 aliphatic heterocycles. The minimum Gasteiger partial charge on any atom is -0.494 e. The SMILES string of the molecule is COc1ccc(S(=O)(=O)N2CCN(c3ccccc3Cl)CC2)cc1F. The van der Waals surface area contributed by atoms with E-state index in [0.29, 0.717) is 31.2 Å². The van der Waals surface area contributed by atoms with Crippen molar-refractivity contribution in [3.05, 3.63) is 53.3 Å². The highest BCUT2D eigenvalue weighted by molar-refractivity contribution is 7.89. The van der Waals surface area contributed by atoms with Gasteiger partial charge in [-0.05, 0) is 30.3 Å². The number of nitrogens with zero attached hydrogens (tertiary/aromatic N) is 2. The fourth-order valence-corrected chi connectivity index (χ4v) is 4.52. The lowest BCUT2D eigenvalue weighted by Gasteiger charge is -2.35. The van der Waals surface area contributed by atoms with Crippen LogP contribution in [0.5, 0.6) is 5.75 Å². The lowest BCUT2D eigenvalue weighted by atomic mass is 10.2. The number of para-hydroxylation sites is 1. The molecule has 2 aromatic carbocycles. The molecule has 0 atom stereocenters. The number of piperazine rings is 1. The number of anilines is 1. The van der Waals surface area contributed by atoms with Gasteiger partial charge >= 0.3 is 0 Å². The van der Waals surface area contributed by atoms with Crippen LogP contribution in [0.4, 0.5) is 10.1 Å². The summed E-state index contributed by atoms with van der Waals surface area (Å²) in [6.45, 7) is 1.64.